The number of carboxylic acid groups (broad SMARTS) is 1. The predicted molar refractivity (Wildman–Crippen MR) is 69.2 cm³/mol. The number of amides is 1. The second-order valence-corrected chi connectivity index (χ2v) is 5.66. The van der Waals surface area contributed by atoms with E-state index in [1.165, 1.54) is 0 Å². The van der Waals surface area contributed by atoms with Gasteiger partial charge in [0.2, 0.25) is 5.91 Å². The summed E-state index contributed by atoms with van der Waals surface area (Å²) in [5.74, 6) is 0.558. The lowest BCUT2D eigenvalue weighted by Crippen LogP contribution is -2.31. The van der Waals surface area contributed by atoms with Gasteiger partial charge < -0.3 is 10.4 Å². The number of hydrogen-bond acceptors (Lipinski definition) is 3. The van der Waals surface area contributed by atoms with Crippen LogP contribution in [0.2, 0.25) is 0 Å². The van der Waals surface area contributed by atoms with E-state index in [0.717, 1.165) is 50.8 Å². The molecular weight excluding hydrogens is 238 g/mol. The van der Waals surface area contributed by atoms with Crippen molar-refractivity contribution in [2.75, 3.05) is 12.3 Å². The molecule has 1 heterocycles. The van der Waals surface area contributed by atoms with Crippen molar-refractivity contribution in [3.63, 3.8) is 0 Å². The van der Waals surface area contributed by atoms with Gasteiger partial charge in [0.15, 0.2) is 0 Å². The number of nitrogens with one attached hydrogen (secondary N) is 1. The molecule has 0 saturated carbocycles. The molecule has 2 N–H and O–H groups in total. The first-order valence-corrected chi connectivity index (χ1v) is 7.36. The van der Waals surface area contributed by atoms with Crippen LogP contribution in [0.3, 0.4) is 0 Å². The van der Waals surface area contributed by atoms with Crippen molar-refractivity contribution in [1.82, 2.24) is 5.32 Å². The highest BCUT2D eigenvalue weighted by Crippen LogP contribution is 2.25. The summed E-state index contributed by atoms with van der Waals surface area (Å²) in [6.45, 7) is 0.725. The molecular formula is C12H21NO3S. The Bertz CT molecular complexity index is 252. The van der Waals surface area contributed by atoms with Gasteiger partial charge in [0.25, 0.3) is 0 Å². The van der Waals surface area contributed by atoms with Crippen molar-refractivity contribution in [3.05, 3.63) is 0 Å². The molecule has 1 aliphatic heterocycles. The van der Waals surface area contributed by atoms with Crippen LogP contribution in [0.15, 0.2) is 0 Å². The van der Waals surface area contributed by atoms with Crippen molar-refractivity contribution in [2.45, 2.75) is 50.2 Å². The van der Waals surface area contributed by atoms with Gasteiger partial charge in [0.1, 0.15) is 0 Å². The monoisotopic (exact) mass is 259 g/mol. The van der Waals surface area contributed by atoms with Crippen LogP contribution in [0.5, 0.6) is 0 Å². The lowest BCUT2D eigenvalue weighted by molar-refractivity contribution is -0.137. The van der Waals surface area contributed by atoms with Crippen LogP contribution < -0.4 is 5.32 Å². The Balaban J connectivity index is 1.89. The molecule has 1 atom stereocenters. The smallest absolute Gasteiger partial charge is 0.303 e. The molecule has 5 heteroatoms. The third-order valence-corrected chi connectivity index (χ3v) is 4.22. The normalized spacial score (nSPS) is 19.2. The van der Waals surface area contributed by atoms with Gasteiger partial charge in [-0.2, -0.15) is 0 Å². The second kappa shape index (κ2) is 8.39. The predicted octanol–water partition coefficient (Wildman–Crippen LogP) is 2.03. The Labute approximate surface area is 107 Å². The van der Waals surface area contributed by atoms with Crippen LogP contribution in [0, 0.1) is 0 Å². The Kier molecular flexibility index (Phi) is 7.08. The lowest BCUT2D eigenvalue weighted by atomic mass is 10.1. The molecule has 1 fully saturated rings. The zero-order valence-corrected chi connectivity index (χ0v) is 10.9. The molecule has 0 aromatic rings. The van der Waals surface area contributed by atoms with Crippen LogP contribution in [0.4, 0.5) is 0 Å². The molecule has 0 bridgehead atoms. The fraction of sp³-hybridized carbons (Fsp3) is 0.833. The summed E-state index contributed by atoms with van der Waals surface area (Å²) in [5.41, 5.74) is 0. The summed E-state index contributed by atoms with van der Waals surface area (Å²) in [5, 5.41) is 11.6. The first-order valence-electron chi connectivity index (χ1n) is 6.31. The number of aliphatic carboxylic acids is 1. The highest BCUT2D eigenvalue weighted by Gasteiger charge is 2.22. The largest absolute Gasteiger partial charge is 0.481 e. The van der Waals surface area contributed by atoms with E-state index in [4.69, 9.17) is 5.11 Å². The first kappa shape index (κ1) is 14.4. The van der Waals surface area contributed by atoms with Crippen LogP contribution in [0.1, 0.15) is 44.9 Å². The molecule has 4 nitrogen and oxygen atoms in total. The van der Waals surface area contributed by atoms with Crippen molar-refractivity contribution >= 4 is 23.6 Å². The molecule has 1 saturated heterocycles. The molecule has 1 rings (SSSR count). The van der Waals surface area contributed by atoms with Crippen molar-refractivity contribution in [3.8, 4) is 0 Å². The molecule has 1 amide bonds. The topological polar surface area (TPSA) is 66.4 Å². The highest BCUT2D eigenvalue weighted by molar-refractivity contribution is 8.00. The van der Waals surface area contributed by atoms with Gasteiger partial charge in [0.05, 0.1) is 5.25 Å². The third-order valence-electron chi connectivity index (χ3n) is 2.84. The van der Waals surface area contributed by atoms with E-state index < -0.39 is 5.97 Å². The number of thioether (sulfide) groups is 1. The Morgan fingerprint density at radius 2 is 2.00 bits per heavy atom. The van der Waals surface area contributed by atoms with E-state index in [-0.39, 0.29) is 17.6 Å². The fourth-order valence-electron chi connectivity index (χ4n) is 1.86. The Morgan fingerprint density at radius 1 is 1.24 bits per heavy atom. The number of unbranched alkanes of at least 4 members (excludes halogenated alkanes) is 3. The average molecular weight is 259 g/mol. The zero-order chi connectivity index (χ0) is 12.5. The quantitative estimate of drug-likeness (QED) is 0.655. The number of carbonyl (C=O) groups is 2. The van der Waals surface area contributed by atoms with E-state index in [2.05, 4.69) is 5.32 Å². The highest BCUT2D eigenvalue weighted by atomic mass is 32.2. The first-order chi connectivity index (χ1) is 8.20. The summed E-state index contributed by atoms with van der Waals surface area (Å²) >= 11 is 1.75. The Morgan fingerprint density at radius 3 is 2.65 bits per heavy atom. The molecule has 1 aliphatic rings. The van der Waals surface area contributed by atoms with Crippen molar-refractivity contribution in [1.29, 1.82) is 0 Å². The summed E-state index contributed by atoms with van der Waals surface area (Å²) in [6.07, 6.45) is 6.02. The number of hydrogen-bond donors (Lipinski definition) is 2. The maximum absolute atomic E-state index is 11.6. The zero-order valence-electron chi connectivity index (χ0n) is 10.1. The van der Waals surface area contributed by atoms with Gasteiger partial charge >= 0.3 is 5.97 Å². The van der Waals surface area contributed by atoms with Gasteiger partial charge in [-0.3, -0.25) is 9.59 Å². The van der Waals surface area contributed by atoms with E-state index in [1.54, 1.807) is 11.8 Å². The van der Waals surface area contributed by atoms with Gasteiger partial charge in [0, 0.05) is 13.0 Å². The number of carbonyl (C=O) groups excluding carboxylic acids is 1. The minimum absolute atomic E-state index is 0.169. The molecule has 98 valence electrons. The minimum Gasteiger partial charge on any atom is -0.481 e. The van der Waals surface area contributed by atoms with E-state index in [0.29, 0.717) is 0 Å². The van der Waals surface area contributed by atoms with Crippen molar-refractivity contribution < 1.29 is 14.7 Å². The molecule has 0 aromatic carbocycles. The van der Waals surface area contributed by atoms with E-state index in [9.17, 15) is 9.59 Å². The lowest BCUT2D eigenvalue weighted by Gasteiger charge is -2.09. The minimum atomic E-state index is -0.725. The van der Waals surface area contributed by atoms with Crippen LogP contribution in [0.25, 0.3) is 0 Å². The SMILES string of the molecule is O=C(O)CCCCCCNC(=O)C1CCCS1. The Hall–Kier alpha value is -0.710. The van der Waals surface area contributed by atoms with Crippen LogP contribution in [-0.2, 0) is 9.59 Å². The summed E-state index contributed by atoms with van der Waals surface area (Å²) < 4.78 is 0. The molecule has 0 aromatic heterocycles. The molecule has 0 radical (unpaired) electrons. The molecule has 0 spiro atoms. The second-order valence-electron chi connectivity index (χ2n) is 4.35. The van der Waals surface area contributed by atoms with Crippen molar-refractivity contribution in [2.24, 2.45) is 0 Å². The third kappa shape index (κ3) is 6.56. The van der Waals surface area contributed by atoms with Gasteiger partial charge in [-0.1, -0.05) is 12.8 Å². The molecule has 1 unspecified atom stereocenters. The molecule has 17 heavy (non-hydrogen) atoms. The fourth-order valence-corrected chi connectivity index (χ4v) is 3.05. The number of rotatable bonds is 8. The number of carboxylic acids is 1. The van der Waals surface area contributed by atoms with E-state index in [1.807, 2.05) is 0 Å². The summed E-state index contributed by atoms with van der Waals surface area (Å²) in [7, 11) is 0. The van der Waals surface area contributed by atoms with Gasteiger partial charge in [-0.25, -0.2) is 0 Å². The van der Waals surface area contributed by atoms with Crippen LogP contribution >= 0.6 is 11.8 Å². The van der Waals surface area contributed by atoms with Crippen LogP contribution in [-0.4, -0.2) is 34.5 Å². The van der Waals surface area contributed by atoms with Gasteiger partial charge in [-0.15, -0.1) is 11.8 Å². The summed E-state index contributed by atoms with van der Waals surface area (Å²) in [6, 6.07) is 0. The average Bonchev–Trinajstić information content (AvgIpc) is 2.80. The van der Waals surface area contributed by atoms with Gasteiger partial charge in [-0.05, 0) is 31.4 Å². The maximum atomic E-state index is 11.6. The molecule has 0 aliphatic carbocycles. The maximum Gasteiger partial charge on any atom is 0.303 e. The summed E-state index contributed by atoms with van der Waals surface area (Å²) in [4.78, 5) is 21.9. The van der Waals surface area contributed by atoms with E-state index >= 15 is 0 Å². The standard InChI is InChI=1S/C12H21NO3S/c14-11(15)7-3-1-2-4-8-13-12(16)10-6-5-9-17-10/h10H,1-9H2,(H,13,16)(H,14,15).